The van der Waals surface area contributed by atoms with Gasteiger partial charge in [-0.3, -0.25) is 19.5 Å². The molecule has 9 nitrogen and oxygen atoms in total. The maximum absolute atomic E-state index is 14.1. The Morgan fingerprint density at radius 1 is 1.22 bits per heavy atom. The summed E-state index contributed by atoms with van der Waals surface area (Å²) in [5.74, 6) is -6.08. The Kier molecular flexibility index (Phi) is 9.17. The average molecular weight is 568 g/mol. The minimum atomic E-state index is -3.85. The monoisotopic (exact) mass is 567 g/mol. The Labute approximate surface area is 215 Å². The zero-order valence-corrected chi connectivity index (χ0v) is 20.9. The first-order chi connectivity index (χ1) is 16.9. The van der Waals surface area contributed by atoms with Gasteiger partial charge in [0.2, 0.25) is 21.8 Å². The molecule has 196 valence electrons. The fraction of sp³-hybridized carbons (Fsp3) is 0.381. The van der Waals surface area contributed by atoms with Gasteiger partial charge in [0.05, 0.1) is 30.4 Å². The first-order valence-corrected chi connectivity index (χ1v) is 13.1. The maximum Gasteiger partial charge on any atom is 0.252 e. The van der Waals surface area contributed by atoms with Crippen LogP contribution in [0.15, 0.2) is 42.7 Å². The van der Waals surface area contributed by atoms with E-state index in [1.54, 1.807) is 12.1 Å². The quantitative estimate of drug-likeness (QED) is 0.283. The number of hydrogen-bond donors (Lipinski definition) is 3. The Morgan fingerprint density at radius 2 is 1.92 bits per heavy atom. The second kappa shape index (κ2) is 11.7. The van der Waals surface area contributed by atoms with Gasteiger partial charge in [-0.05, 0) is 6.07 Å². The van der Waals surface area contributed by atoms with Gasteiger partial charge in [-0.1, -0.05) is 29.8 Å². The van der Waals surface area contributed by atoms with Gasteiger partial charge in [-0.2, -0.15) is 4.83 Å². The summed E-state index contributed by atoms with van der Waals surface area (Å²) >= 11 is 11.8. The van der Waals surface area contributed by atoms with E-state index in [2.05, 4.69) is 15.7 Å². The molecule has 1 saturated carbocycles. The van der Waals surface area contributed by atoms with Crippen LogP contribution in [0.4, 0.5) is 18.9 Å². The number of hydrogen-bond acceptors (Lipinski definition) is 6. The van der Waals surface area contributed by atoms with Crippen LogP contribution >= 0.6 is 23.2 Å². The third kappa shape index (κ3) is 7.29. The number of nitrogens with zero attached hydrogens (tertiary/aromatic N) is 2. The molecular weight excluding hydrogens is 546 g/mol. The zero-order chi connectivity index (χ0) is 26.5. The lowest BCUT2D eigenvalue weighted by molar-refractivity contribution is -0.132. The molecule has 1 aromatic carbocycles. The largest absolute Gasteiger partial charge is 0.351 e. The van der Waals surface area contributed by atoms with Crippen molar-refractivity contribution in [2.45, 2.75) is 30.8 Å². The summed E-state index contributed by atoms with van der Waals surface area (Å²) in [6.45, 7) is -0.673. The molecule has 36 heavy (non-hydrogen) atoms. The molecule has 1 atom stereocenters. The summed E-state index contributed by atoms with van der Waals surface area (Å²) in [5, 5.41) is 2.56. The van der Waals surface area contributed by atoms with E-state index in [0.29, 0.717) is 0 Å². The molecule has 1 heterocycles. The number of aromatic nitrogens is 1. The third-order valence-electron chi connectivity index (χ3n) is 5.19. The van der Waals surface area contributed by atoms with Gasteiger partial charge in [0, 0.05) is 41.4 Å². The fourth-order valence-electron chi connectivity index (χ4n) is 3.57. The SMILES string of the molecule is O=C(NC1CC(F)(F)C1)C(c1ccccc1Cl)N(C(=O)CNNS(=O)(=O)CCCl)c1cncc(F)c1. The van der Waals surface area contributed by atoms with Crippen LogP contribution in [0.3, 0.4) is 0 Å². The molecule has 1 aliphatic carbocycles. The maximum atomic E-state index is 14.1. The molecule has 15 heteroatoms. The predicted molar refractivity (Wildman–Crippen MR) is 128 cm³/mol. The molecule has 0 aliphatic heterocycles. The summed E-state index contributed by atoms with van der Waals surface area (Å²) in [4.78, 5) is 33.2. The van der Waals surface area contributed by atoms with E-state index in [4.69, 9.17) is 23.2 Å². The van der Waals surface area contributed by atoms with Crippen molar-refractivity contribution < 1.29 is 31.2 Å². The van der Waals surface area contributed by atoms with Crippen molar-refractivity contribution in [2.75, 3.05) is 23.1 Å². The summed E-state index contributed by atoms with van der Waals surface area (Å²) in [7, 11) is -3.85. The average Bonchev–Trinajstić information content (AvgIpc) is 2.76. The smallest absolute Gasteiger partial charge is 0.252 e. The number of halogens is 5. The molecule has 0 spiro atoms. The van der Waals surface area contributed by atoms with Crippen molar-refractivity contribution in [1.82, 2.24) is 20.6 Å². The molecular formula is C21H22Cl2F3N5O4S. The molecule has 2 aromatic rings. The number of pyridine rings is 1. The minimum absolute atomic E-state index is 0.0783. The highest BCUT2D eigenvalue weighted by molar-refractivity contribution is 7.89. The molecule has 0 radical (unpaired) electrons. The van der Waals surface area contributed by atoms with E-state index in [0.717, 1.165) is 23.4 Å². The van der Waals surface area contributed by atoms with Crippen LogP contribution in [-0.2, 0) is 19.6 Å². The van der Waals surface area contributed by atoms with Crippen LogP contribution < -0.4 is 20.5 Å². The first kappa shape index (κ1) is 28.1. The summed E-state index contributed by atoms with van der Waals surface area (Å²) < 4.78 is 64.4. The second-order valence-corrected chi connectivity index (χ2v) is 10.6. The van der Waals surface area contributed by atoms with Crippen molar-refractivity contribution in [3.8, 4) is 0 Å². The number of rotatable bonds is 11. The van der Waals surface area contributed by atoms with Crippen LogP contribution in [0.2, 0.25) is 5.02 Å². The van der Waals surface area contributed by atoms with Crippen molar-refractivity contribution in [3.63, 3.8) is 0 Å². The van der Waals surface area contributed by atoms with E-state index in [9.17, 15) is 31.2 Å². The van der Waals surface area contributed by atoms with Crippen molar-refractivity contribution in [2.24, 2.45) is 0 Å². The normalized spacial score (nSPS) is 16.1. The number of anilines is 1. The van der Waals surface area contributed by atoms with Gasteiger partial charge in [-0.15, -0.1) is 11.6 Å². The van der Waals surface area contributed by atoms with E-state index < -0.39 is 70.8 Å². The van der Waals surface area contributed by atoms with Gasteiger partial charge >= 0.3 is 0 Å². The molecule has 1 aliphatic rings. The first-order valence-electron chi connectivity index (χ1n) is 10.6. The molecule has 3 N–H and O–H groups in total. The molecule has 1 fully saturated rings. The molecule has 0 saturated heterocycles. The van der Waals surface area contributed by atoms with Gasteiger partial charge in [0.15, 0.2) is 0 Å². The van der Waals surface area contributed by atoms with Gasteiger partial charge < -0.3 is 5.32 Å². The third-order valence-corrected chi connectivity index (χ3v) is 7.15. The number of sulfonamides is 1. The lowest BCUT2D eigenvalue weighted by Gasteiger charge is -2.38. The van der Waals surface area contributed by atoms with Crippen molar-refractivity contribution >= 4 is 50.7 Å². The lowest BCUT2D eigenvalue weighted by Crippen LogP contribution is -2.55. The Morgan fingerprint density at radius 3 is 2.53 bits per heavy atom. The van der Waals surface area contributed by atoms with E-state index in [1.165, 1.54) is 12.1 Å². The number of amides is 2. The summed E-state index contributed by atoms with van der Waals surface area (Å²) in [6.07, 6.45) is 0.847. The van der Waals surface area contributed by atoms with Crippen molar-refractivity contribution in [3.05, 3.63) is 59.1 Å². The van der Waals surface area contributed by atoms with E-state index >= 15 is 0 Å². The minimum Gasteiger partial charge on any atom is -0.351 e. The van der Waals surface area contributed by atoms with Crippen LogP contribution in [-0.4, -0.2) is 55.4 Å². The van der Waals surface area contributed by atoms with Crippen LogP contribution in [0, 0.1) is 5.82 Å². The van der Waals surface area contributed by atoms with Crippen molar-refractivity contribution in [1.29, 1.82) is 0 Å². The Hall–Kier alpha value is -2.45. The summed E-state index contributed by atoms with van der Waals surface area (Å²) in [5.41, 5.74) is 2.22. The Bertz CT molecular complexity index is 1210. The highest BCUT2D eigenvalue weighted by Crippen LogP contribution is 2.38. The summed E-state index contributed by atoms with van der Waals surface area (Å²) in [6, 6.07) is 4.61. The molecule has 0 bridgehead atoms. The standard InChI is InChI=1S/C21H22Cl2F3N5O4S/c22-5-6-36(34,35)30-28-12-18(32)31(15-7-13(24)10-27-11-15)19(16-3-1-2-4-17(16)23)20(33)29-14-8-21(25,26)9-14/h1-4,7,10-11,14,19,28,30H,5-6,8-9,12H2,(H,29,33). The van der Waals surface area contributed by atoms with Crippen LogP contribution in [0.25, 0.3) is 0 Å². The topological polar surface area (TPSA) is 120 Å². The van der Waals surface area contributed by atoms with Gasteiger partial charge in [0.1, 0.15) is 11.9 Å². The number of alkyl halides is 3. The Balaban J connectivity index is 1.97. The molecule has 1 unspecified atom stereocenters. The van der Waals surface area contributed by atoms with Gasteiger partial charge in [0.25, 0.3) is 5.92 Å². The number of hydrazine groups is 1. The molecule has 1 aromatic heterocycles. The second-order valence-electron chi connectivity index (χ2n) is 7.98. The highest BCUT2D eigenvalue weighted by Gasteiger charge is 2.47. The highest BCUT2D eigenvalue weighted by atomic mass is 35.5. The van der Waals surface area contributed by atoms with Crippen LogP contribution in [0.5, 0.6) is 0 Å². The van der Waals surface area contributed by atoms with E-state index in [1.807, 2.05) is 4.83 Å². The lowest BCUT2D eigenvalue weighted by atomic mass is 9.87. The number of carbonyl (C=O) groups excluding carboxylic acids is 2. The fourth-order valence-corrected chi connectivity index (χ4v) is 5.01. The van der Waals surface area contributed by atoms with Crippen LogP contribution in [0.1, 0.15) is 24.4 Å². The number of carbonyl (C=O) groups is 2. The zero-order valence-electron chi connectivity index (χ0n) is 18.6. The van der Waals surface area contributed by atoms with E-state index in [-0.39, 0.29) is 22.2 Å². The molecule has 2 amide bonds. The number of benzene rings is 1. The number of nitrogens with one attached hydrogen (secondary N) is 3. The van der Waals surface area contributed by atoms with Gasteiger partial charge in [-0.25, -0.2) is 27.0 Å². The predicted octanol–water partition coefficient (Wildman–Crippen LogP) is 2.53. The molecule has 3 rings (SSSR count).